The van der Waals surface area contributed by atoms with Crippen molar-refractivity contribution in [1.29, 1.82) is 0 Å². The van der Waals surface area contributed by atoms with Gasteiger partial charge in [-0.3, -0.25) is 4.79 Å². The summed E-state index contributed by atoms with van der Waals surface area (Å²) < 4.78 is 44.1. The van der Waals surface area contributed by atoms with Crippen molar-refractivity contribution >= 4 is 12.0 Å². The third-order valence-corrected chi connectivity index (χ3v) is 4.31. The molecule has 5 nitrogen and oxygen atoms in total. The average molecular weight is 386 g/mol. The molecule has 2 atom stereocenters. The quantitative estimate of drug-likeness (QED) is 0.728. The van der Waals surface area contributed by atoms with Crippen molar-refractivity contribution in [2.24, 2.45) is 0 Å². The summed E-state index contributed by atoms with van der Waals surface area (Å²) in [6.45, 7) is 9.32. The molecule has 0 N–H and O–H groups in total. The van der Waals surface area contributed by atoms with E-state index < -0.39 is 29.3 Å². The molecule has 0 aliphatic carbocycles. The second-order valence-electron chi connectivity index (χ2n) is 7.87. The van der Waals surface area contributed by atoms with E-state index in [1.807, 2.05) is 0 Å². The Kier molecular flexibility index (Phi) is 5.77. The Hall–Kier alpha value is -2.25. The number of benzene rings is 1. The Balaban J connectivity index is 2.15. The van der Waals surface area contributed by atoms with Crippen LogP contribution in [0.1, 0.15) is 50.5 Å². The standard InChI is InChI=1S/C19H25F3N2O3/c1-12-11-24(17(26)27-18(3,4)5)13(2)10-23(12)16(25)14-7-6-8-15(9-14)19(20,21)22/h6-9,12-13H,10-11H2,1-5H3/t12-,13+/m1/s1. The SMILES string of the molecule is C[C@@H]1CN(C(=O)OC(C)(C)C)[C@@H](C)CN1C(=O)c1cccc(C(F)(F)F)c1. The van der Waals surface area contributed by atoms with E-state index in [1.54, 1.807) is 39.5 Å². The molecule has 2 rings (SSSR count). The van der Waals surface area contributed by atoms with Crippen LogP contribution in [-0.4, -0.2) is 52.6 Å². The predicted molar refractivity (Wildman–Crippen MR) is 94.3 cm³/mol. The molecule has 1 fully saturated rings. The summed E-state index contributed by atoms with van der Waals surface area (Å²) >= 11 is 0. The zero-order valence-electron chi connectivity index (χ0n) is 16.1. The van der Waals surface area contributed by atoms with Gasteiger partial charge in [-0.25, -0.2) is 4.79 Å². The maximum absolute atomic E-state index is 12.9. The van der Waals surface area contributed by atoms with Crippen LogP contribution in [0.3, 0.4) is 0 Å². The number of carbonyl (C=O) groups excluding carboxylic acids is 2. The monoisotopic (exact) mass is 386 g/mol. The van der Waals surface area contributed by atoms with Crippen molar-refractivity contribution in [1.82, 2.24) is 9.80 Å². The first kappa shape index (κ1) is 21.1. The third-order valence-electron chi connectivity index (χ3n) is 4.31. The number of nitrogens with zero attached hydrogens (tertiary/aromatic N) is 2. The fourth-order valence-electron chi connectivity index (χ4n) is 2.98. The summed E-state index contributed by atoms with van der Waals surface area (Å²) in [5.74, 6) is -0.482. The van der Waals surface area contributed by atoms with E-state index >= 15 is 0 Å². The van der Waals surface area contributed by atoms with E-state index in [4.69, 9.17) is 4.74 Å². The molecule has 1 aliphatic rings. The normalized spacial score (nSPS) is 21.2. The number of hydrogen-bond donors (Lipinski definition) is 0. The number of amides is 2. The minimum atomic E-state index is -4.51. The fourth-order valence-corrected chi connectivity index (χ4v) is 2.98. The maximum Gasteiger partial charge on any atom is 0.416 e. The number of alkyl halides is 3. The zero-order valence-corrected chi connectivity index (χ0v) is 16.1. The Morgan fingerprint density at radius 2 is 1.59 bits per heavy atom. The summed E-state index contributed by atoms with van der Waals surface area (Å²) in [7, 11) is 0. The Labute approximate surface area is 157 Å². The van der Waals surface area contributed by atoms with Gasteiger partial charge in [-0.05, 0) is 52.8 Å². The molecule has 0 spiro atoms. The molecule has 150 valence electrons. The highest BCUT2D eigenvalue weighted by Crippen LogP contribution is 2.30. The predicted octanol–water partition coefficient (Wildman–Crippen LogP) is 4.18. The summed E-state index contributed by atoms with van der Waals surface area (Å²) in [6.07, 6.45) is -4.97. The van der Waals surface area contributed by atoms with Crippen molar-refractivity contribution < 1.29 is 27.5 Å². The molecule has 2 amide bonds. The molecule has 27 heavy (non-hydrogen) atoms. The van der Waals surface area contributed by atoms with E-state index in [-0.39, 0.29) is 30.7 Å². The minimum absolute atomic E-state index is 0.0189. The van der Waals surface area contributed by atoms with E-state index in [0.717, 1.165) is 12.1 Å². The summed E-state index contributed by atoms with van der Waals surface area (Å²) in [4.78, 5) is 28.2. The molecular formula is C19H25F3N2O3. The number of rotatable bonds is 1. The summed E-state index contributed by atoms with van der Waals surface area (Å²) in [5.41, 5.74) is -1.51. The second-order valence-corrected chi connectivity index (χ2v) is 7.87. The lowest BCUT2D eigenvalue weighted by atomic mass is 10.0. The topological polar surface area (TPSA) is 49.9 Å². The molecule has 1 aromatic carbocycles. The second kappa shape index (κ2) is 7.40. The van der Waals surface area contributed by atoms with Gasteiger partial charge in [-0.15, -0.1) is 0 Å². The van der Waals surface area contributed by atoms with E-state index in [1.165, 1.54) is 17.0 Å². The minimum Gasteiger partial charge on any atom is -0.444 e. The molecular weight excluding hydrogens is 361 g/mol. The van der Waals surface area contributed by atoms with Gasteiger partial charge in [-0.2, -0.15) is 13.2 Å². The fraction of sp³-hybridized carbons (Fsp3) is 0.579. The molecule has 1 heterocycles. The molecule has 0 bridgehead atoms. The van der Waals surface area contributed by atoms with Gasteiger partial charge < -0.3 is 14.5 Å². The summed E-state index contributed by atoms with van der Waals surface area (Å²) in [6, 6.07) is 3.72. The zero-order chi connectivity index (χ0) is 20.6. The Morgan fingerprint density at radius 3 is 2.15 bits per heavy atom. The van der Waals surface area contributed by atoms with Gasteiger partial charge in [0.2, 0.25) is 0 Å². The highest BCUT2D eigenvalue weighted by atomic mass is 19.4. The number of halogens is 3. The van der Waals surface area contributed by atoms with Crippen LogP contribution in [0.4, 0.5) is 18.0 Å². The van der Waals surface area contributed by atoms with Gasteiger partial charge in [0.15, 0.2) is 0 Å². The van der Waals surface area contributed by atoms with Crippen LogP contribution in [0, 0.1) is 0 Å². The average Bonchev–Trinajstić information content (AvgIpc) is 2.53. The molecule has 8 heteroatoms. The van der Waals surface area contributed by atoms with Crippen LogP contribution in [-0.2, 0) is 10.9 Å². The highest BCUT2D eigenvalue weighted by Gasteiger charge is 2.37. The van der Waals surface area contributed by atoms with Gasteiger partial charge in [0.25, 0.3) is 5.91 Å². The smallest absolute Gasteiger partial charge is 0.416 e. The van der Waals surface area contributed by atoms with Gasteiger partial charge >= 0.3 is 12.3 Å². The molecule has 0 unspecified atom stereocenters. The number of hydrogen-bond acceptors (Lipinski definition) is 3. The van der Waals surface area contributed by atoms with Gasteiger partial charge in [0, 0.05) is 30.7 Å². The van der Waals surface area contributed by atoms with Crippen molar-refractivity contribution in [2.75, 3.05) is 13.1 Å². The molecule has 0 aromatic heterocycles. The largest absolute Gasteiger partial charge is 0.444 e. The lowest BCUT2D eigenvalue weighted by Crippen LogP contribution is -2.60. The number of carbonyl (C=O) groups is 2. The molecule has 0 saturated carbocycles. The van der Waals surface area contributed by atoms with Crippen LogP contribution in [0.25, 0.3) is 0 Å². The van der Waals surface area contributed by atoms with E-state index in [9.17, 15) is 22.8 Å². The first-order valence-electron chi connectivity index (χ1n) is 8.77. The van der Waals surface area contributed by atoms with Gasteiger partial charge in [-0.1, -0.05) is 6.07 Å². The Bertz CT molecular complexity index is 713. The van der Waals surface area contributed by atoms with Crippen LogP contribution in [0.5, 0.6) is 0 Å². The summed E-state index contributed by atoms with van der Waals surface area (Å²) in [5, 5.41) is 0. The number of ether oxygens (including phenoxy) is 1. The van der Waals surface area contributed by atoms with E-state index in [0.29, 0.717) is 0 Å². The lowest BCUT2D eigenvalue weighted by Gasteiger charge is -2.44. The van der Waals surface area contributed by atoms with Crippen molar-refractivity contribution in [2.45, 2.75) is 58.5 Å². The van der Waals surface area contributed by atoms with Crippen LogP contribution >= 0.6 is 0 Å². The van der Waals surface area contributed by atoms with Gasteiger partial charge in [0.1, 0.15) is 5.60 Å². The highest BCUT2D eigenvalue weighted by molar-refractivity contribution is 5.94. The van der Waals surface area contributed by atoms with Crippen LogP contribution < -0.4 is 0 Å². The maximum atomic E-state index is 12.9. The molecule has 1 aromatic rings. The third kappa shape index (κ3) is 5.14. The van der Waals surface area contributed by atoms with Crippen molar-refractivity contribution in [3.8, 4) is 0 Å². The molecule has 1 saturated heterocycles. The van der Waals surface area contributed by atoms with E-state index in [2.05, 4.69) is 0 Å². The Morgan fingerprint density at radius 1 is 1.04 bits per heavy atom. The van der Waals surface area contributed by atoms with Crippen LogP contribution in [0.2, 0.25) is 0 Å². The molecule has 1 aliphatic heterocycles. The van der Waals surface area contributed by atoms with Crippen molar-refractivity contribution in [3.05, 3.63) is 35.4 Å². The first-order chi connectivity index (χ1) is 12.3. The lowest BCUT2D eigenvalue weighted by molar-refractivity contribution is -0.137. The van der Waals surface area contributed by atoms with Gasteiger partial charge in [0.05, 0.1) is 5.56 Å². The molecule has 0 radical (unpaired) electrons. The number of piperazine rings is 1. The first-order valence-corrected chi connectivity index (χ1v) is 8.77. The van der Waals surface area contributed by atoms with Crippen LogP contribution in [0.15, 0.2) is 24.3 Å². The van der Waals surface area contributed by atoms with Crippen molar-refractivity contribution in [3.63, 3.8) is 0 Å².